The van der Waals surface area contributed by atoms with Gasteiger partial charge in [0.25, 0.3) is 0 Å². The normalized spacial score (nSPS) is 13.2. The summed E-state index contributed by atoms with van der Waals surface area (Å²) in [6.45, 7) is 0. The molecule has 9 aromatic carbocycles. The highest BCUT2D eigenvalue weighted by atomic mass is 16.3. The van der Waals surface area contributed by atoms with Gasteiger partial charge in [-0.05, 0) is 85.8 Å². The minimum Gasteiger partial charge on any atom is -0.456 e. The number of hydrogen-bond donors (Lipinski definition) is 0. The van der Waals surface area contributed by atoms with Crippen LogP contribution >= 0.6 is 0 Å². The molecular weight excluding hydrogens is 767 g/mol. The highest BCUT2D eigenvalue weighted by molar-refractivity contribution is 6.12. The maximum Gasteiger partial charge on any atom is 0.164 e. The number of furan rings is 1. The zero-order chi connectivity index (χ0) is 41.7. The lowest BCUT2D eigenvalue weighted by Gasteiger charge is -2.29. The fraction of sp³-hybridized carbons (Fsp3) is 0.0339. The van der Waals surface area contributed by atoms with E-state index >= 15 is 0 Å². The zero-order valence-corrected chi connectivity index (χ0v) is 34.3. The van der Waals surface area contributed by atoms with E-state index in [1.165, 1.54) is 55.6 Å². The van der Waals surface area contributed by atoms with Crippen LogP contribution in [0.1, 0.15) is 22.6 Å². The maximum atomic E-state index is 6.77. The van der Waals surface area contributed by atoms with Gasteiger partial charge in [-0.1, -0.05) is 200 Å². The van der Waals surface area contributed by atoms with E-state index in [1.54, 1.807) is 0 Å². The predicted molar refractivity (Wildman–Crippen MR) is 257 cm³/mol. The van der Waals surface area contributed by atoms with Gasteiger partial charge >= 0.3 is 0 Å². The van der Waals surface area contributed by atoms with Crippen molar-refractivity contribution in [2.75, 3.05) is 0 Å². The van der Waals surface area contributed by atoms with Crippen LogP contribution in [-0.4, -0.2) is 15.0 Å². The second-order valence-corrected chi connectivity index (χ2v) is 16.3. The third-order valence-corrected chi connectivity index (χ3v) is 12.5. The second-order valence-electron chi connectivity index (χ2n) is 16.3. The molecule has 2 heterocycles. The van der Waals surface area contributed by atoms with Crippen molar-refractivity contribution < 1.29 is 4.42 Å². The van der Waals surface area contributed by atoms with E-state index < -0.39 is 0 Å². The highest BCUT2D eigenvalue weighted by Gasteiger charge is 2.28. The van der Waals surface area contributed by atoms with Gasteiger partial charge in [-0.25, -0.2) is 15.0 Å². The molecule has 0 fully saturated rings. The van der Waals surface area contributed by atoms with Crippen molar-refractivity contribution >= 4 is 21.9 Å². The highest BCUT2D eigenvalue weighted by Crippen LogP contribution is 2.47. The minimum atomic E-state index is 0.133. The van der Waals surface area contributed by atoms with Crippen molar-refractivity contribution in [1.29, 1.82) is 0 Å². The van der Waals surface area contributed by atoms with Crippen LogP contribution in [0.4, 0.5) is 0 Å². The fourth-order valence-electron chi connectivity index (χ4n) is 9.40. The second kappa shape index (κ2) is 15.4. The molecule has 0 saturated carbocycles. The Hall–Kier alpha value is -8.21. The van der Waals surface area contributed by atoms with Crippen LogP contribution in [0.5, 0.6) is 0 Å². The van der Waals surface area contributed by atoms with Gasteiger partial charge < -0.3 is 4.42 Å². The van der Waals surface area contributed by atoms with Crippen LogP contribution in [0.2, 0.25) is 0 Å². The molecule has 0 saturated heterocycles. The molecule has 2 aromatic heterocycles. The number of nitrogens with zero attached hydrogens (tertiary/aromatic N) is 3. The van der Waals surface area contributed by atoms with Gasteiger partial charge in [0.15, 0.2) is 17.5 Å². The number of fused-ring (bicyclic) bond motifs is 6. The standard InChI is InChI=1S/C59H39N3O/c1-5-14-38(15-6-1)41-24-26-43(27-25-41)58-60-57(42-20-11-4-12-21-42)61-59(62-58)51-22-13-23-54-56(51)50-33-30-46(37-55(50)63-54)52-36-47-34-44(39-16-7-2-8-17-39)28-31-48(47)53-35-45(29-32-49(52)53)40-18-9-3-10-19-40/h1-35,37,52H,36H2. The first-order valence-electron chi connectivity index (χ1n) is 21.5. The van der Waals surface area contributed by atoms with Gasteiger partial charge in [0.1, 0.15) is 11.2 Å². The Balaban J connectivity index is 0.972. The number of hydrogen-bond acceptors (Lipinski definition) is 4. The summed E-state index contributed by atoms with van der Waals surface area (Å²) in [6, 6.07) is 77.3. The van der Waals surface area contributed by atoms with Crippen molar-refractivity contribution in [3.63, 3.8) is 0 Å². The summed E-state index contributed by atoms with van der Waals surface area (Å²) in [7, 11) is 0. The molecule has 1 atom stereocenters. The largest absolute Gasteiger partial charge is 0.456 e. The van der Waals surface area contributed by atoms with Crippen molar-refractivity contribution in [1.82, 2.24) is 15.0 Å². The fourth-order valence-corrected chi connectivity index (χ4v) is 9.40. The molecule has 0 N–H and O–H groups in total. The topological polar surface area (TPSA) is 51.8 Å². The van der Waals surface area contributed by atoms with Crippen LogP contribution in [0, 0.1) is 0 Å². The lowest BCUT2D eigenvalue weighted by molar-refractivity contribution is 0.667. The Labute approximate surface area is 365 Å². The molecule has 296 valence electrons. The molecule has 11 aromatic rings. The lowest BCUT2D eigenvalue weighted by Crippen LogP contribution is -2.13. The molecule has 4 heteroatoms. The maximum absolute atomic E-state index is 6.77. The van der Waals surface area contributed by atoms with Crippen LogP contribution in [-0.2, 0) is 6.42 Å². The Morgan fingerprint density at radius 2 is 0.873 bits per heavy atom. The summed E-state index contributed by atoms with van der Waals surface area (Å²) in [6.07, 6.45) is 0.882. The predicted octanol–water partition coefficient (Wildman–Crippen LogP) is 15.1. The smallest absolute Gasteiger partial charge is 0.164 e. The van der Waals surface area contributed by atoms with Crippen LogP contribution in [0.15, 0.2) is 223 Å². The molecule has 0 bridgehead atoms. The summed E-state index contributed by atoms with van der Waals surface area (Å²) in [5.74, 6) is 1.97. The lowest BCUT2D eigenvalue weighted by atomic mass is 9.74. The van der Waals surface area contributed by atoms with Crippen molar-refractivity contribution in [2.45, 2.75) is 12.3 Å². The molecule has 1 aliphatic rings. The van der Waals surface area contributed by atoms with Gasteiger partial charge in [0.05, 0.1) is 0 Å². The summed E-state index contributed by atoms with van der Waals surface area (Å²) in [5, 5.41) is 2.02. The van der Waals surface area contributed by atoms with Crippen LogP contribution < -0.4 is 0 Å². The van der Waals surface area contributed by atoms with E-state index in [0.29, 0.717) is 17.5 Å². The van der Waals surface area contributed by atoms with E-state index in [2.05, 4.69) is 170 Å². The average molecular weight is 806 g/mol. The zero-order valence-electron chi connectivity index (χ0n) is 34.3. The van der Waals surface area contributed by atoms with Gasteiger partial charge in [0, 0.05) is 33.4 Å². The molecule has 0 radical (unpaired) electrons. The number of aromatic nitrogens is 3. The van der Waals surface area contributed by atoms with Gasteiger partial charge in [-0.15, -0.1) is 0 Å². The molecule has 0 spiro atoms. The minimum absolute atomic E-state index is 0.133. The van der Waals surface area contributed by atoms with Gasteiger partial charge in [0.2, 0.25) is 0 Å². The molecule has 1 unspecified atom stereocenters. The van der Waals surface area contributed by atoms with Gasteiger partial charge in [-0.3, -0.25) is 0 Å². The Morgan fingerprint density at radius 3 is 1.54 bits per heavy atom. The molecule has 0 aliphatic heterocycles. The van der Waals surface area contributed by atoms with E-state index in [1.807, 2.05) is 48.5 Å². The van der Waals surface area contributed by atoms with Crippen LogP contribution in [0.25, 0.3) is 101 Å². The summed E-state index contributed by atoms with van der Waals surface area (Å²) >= 11 is 0. The third-order valence-electron chi connectivity index (χ3n) is 12.5. The first-order valence-corrected chi connectivity index (χ1v) is 21.5. The van der Waals surface area contributed by atoms with Crippen molar-refractivity contribution in [3.05, 3.63) is 235 Å². The van der Waals surface area contributed by atoms with Crippen molar-refractivity contribution in [3.8, 4) is 78.7 Å². The van der Waals surface area contributed by atoms with E-state index in [4.69, 9.17) is 19.4 Å². The molecule has 63 heavy (non-hydrogen) atoms. The quantitative estimate of drug-likeness (QED) is 0.161. The number of benzene rings is 9. The van der Waals surface area contributed by atoms with E-state index in [-0.39, 0.29) is 5.92 Å². The number of rotatable bonds is 7. The molecule has 0 amide bonds. The molecule has 12 rings (SSSR count). The molecular formula is C59H39N3O. The first-order chi connectivity index (χ1) is 31.2. The monoisotopic (exact) mass is 805 g/mol. The third kappa shape index (κ3) is 6.70. The summed E-state index contributed by atoms with van der Waals surface area (Å²) in [4.78, 5) is 15.3. The SMILES string of the molecule is c1ccc(-c2ccc(-c3nc(-c4ccccc4)nc(-c4cccc5oc6cc(C7Cc8cc(-c9ccccc9)ccc8-c8cc(-c9ccccc9)ccc87)ccc6c45)n3)cc2)cc1. The Bertz CT molecular complexity index is 3450. The summed E-state index contributed by atoms with van der Waals surface area (Å²) in [5.41, 5.74) is 18.1. The van der Waals surface area contributed by atoms with Gasteiger partial charge in [-0.2, -0.15) is 0 Å². The average Bonchev–Trinajstić information content (AvgIpc) is 3.75. The Kier molecular flexibility index (Phi) is 8.93. The Morgan fingerprint density at radius 1 is 0.349 bits per heavy atom. The molecule has 1 aliphatic carbocycles. The first kappa shape index (κ1) is 36.6. The van der Waals surface area contributed by atoms with Crippen LogP contribution in [0.3, 0.4) is 0 Å². The van der Waals surface area contributed by atoms with Crippen molar-refractivity contribution in [2.24, 2.45) is 0 Å². The van der Waals surface area contributed by atoms with E-state index in [9.17, 15) is 0 Å². The summed E-state index contributed by atoms with van der Waals surface area (Å²) < 4.78 is 6.77. The molecule has 4 nitrogen and oxygen atoms in total. The van der Waals surface area contributed by atoms with E-state index in [0.717, 1.165) is 50.6 Å².